The van der Waals surface area contributed by atoms with Crippen molar-refractivity contribution in [1.82, 2.24) is 15.5 Å². The normalized spacial score (nSPS) is 14.1. The van der Waals surface area contributed by atoms with Gasteiger partial charge >= 0.3 is 12.0 Å². The third kappa shape index (κ3) is 4.02. The van der Waals surface area contributed by atoms with Crippen LogP contribution >= 0.6 is 0 Å². The maximum Gasteiger partial charge on any atom is 0.323 e. The lowest BCUT2D eigenvalue weighted by Gasteiger charge is -2.23. The van der Waals surface area contributed by atoms with Gasteiger partial charge in [0.05, 0.1) is 6.54 Å². The molecular formula is C12H20N4O4. The highest BCUT2D eigenvalue weighted by Gasteiger charge is 2.31. The Bertz CT molecular complexity index is 486. The average molecular weight is 284 g/mol. The number of hydrogen-bond donors (Lipinski definition) is 3. The van der Waals surface area contributed by atoms with E-state index in [4.69, 9.17) is 9.52 Å². The smallest absolute Gasteiger partial charge is 0.323 e. The zero-order chi connectivity index (χ0) is 15.3. The first kappa shape index (κ1) is 16.1. The highest BCUT2D eigenvalue weighted by atomic mass is 16.4. The van der Waals surface area contributed by atoms with Crippen LogP contribution in [0, 0.1) is 0 Å². The quantitative estimate of drug-likeness (QED) is 0.683. The van der Waals surface area contributed by atoms with Gasteiger partial charge in [-0.15, -0.1) is 5.10 Å². The summed E-state index contributed by atoms with van der Waals surface area (Å²) >= 11 is 0. The molecule has 0 aromatic carbocycles. The Hall–Kier alpha value is -1.96. The summed E-state index contributed by atoms with van der Waals surface area (Å²) < 4.78 is 5.22. The van der Waals surface area contributed by atoms with Crippen LogP contribution in [0.1, 0.15) is 45.9 Å². The molecule has 1 aromatic rings. The van der Waals surface area contributed by atoms with E-state index in [1.165, 1.54) is 6.92 Å². The number of anilines is 1. The molecule has 0 saturated heterocycles. The molecule has 0 aliphatic rings. The molecular weight excluding hydrogens is 264 g/mol. The standard InChI is InChI=1S/C12H20N4O4/c1-5-12(4,10(18)19)13-6-8(17)14-11-16-15-9(20-11)7(2)3/h7,13H,5-6H2,1-4H3,(H,18,19)(H,14,16,17). The fraction of sp³-hybridized carbons (Fsp3) is 0.667. The van der Waals surface area contributed by atoms with E-state index in [-0.39, 0.29) is 18.5 Å². The van der Waals surface area contributed by atoms with Gasteiger partial charge in [-0.3, -0.25) is 20.2 Å². The van der Waals surface area contributed by atoms with Gasteiger partial charge in [0, 0.05) is 5.92 Å². The predicted octanol–water partition coefficient (Wildman–Crippen LogP) is 0.974. The minimum absolute atomic E-state index is 0.00836. The van der Waals surface area contributed by atoms with Gasteiger partial charge < -0.3 is 9.52 Å². The summed E-state index contributed by atoms with van der Waals surface area (Å²) in [6, 6.07) is 0.00836. The molecule has 0 fully saturated rings. The Morgan fingerprint density at radius 1 is 1.40 bits per heavy atom. The Balaban J connectivity index is 2.53. The summed E-state index contributed by atoms with van der Waals surface area (Å²) in [5, 5.41) is 21.6. The molecule has 112 valence electrons. The number of aromatic nitrogens is 2. The minimum Gasteiger partial charge on any atom is -0.480 e. The molecule has 0 aliphatic heterocycles. The fourth-order valence-electron chi connectivity index (χ4n) is 1.31. The molecule has 8 heteroatoms. The third-order valence-corrected chi connectivity index (χ3v) is 3.00. The summed E-state index contributed by atoms with van der Waals surface area (Å²) in [5.41, 5.74) is -1.14. The van der Waals surface area contributed by atoms with Crippen LogP contribution in [0.2, 0.25) is 0 Å². The van der Waals surface area contributed by atoms with Gasteiger partial charge in [-0.25, -0.2) is 0 Å². The van der Waals surface area contributed by atoms with Crippen molar-refractivity contribution >= 4 is 17.9 Å². The molecule has 0 saturated carbocycles. The first-order chi connectivity index (χ1) is 9.28. The molecule has 0 bridgehead atoms. The average Bonchev–Trinajstić information content (AvgIpc) is 2.84. The Morgan fingerprint density at radius 2 is 2.05 bits per heavy atom. The van der Waals surface area contributed by atoms with Gasteiger partial charge in [0.1, 0.15) is 5.54 Å². The number of nitrogens with one attached hydrogen (secondary N) is 2. The summed E-state index contributed by atoms with van der Waals surface area (Å²) in [5.74, 6) is -0.948. The van der Waals surface area contributed by atoms with Crippen LogP contribution in [0.4, 0.5) is 6.01 Å². The molecule has 0 radical (unpaired) electrons. The second-order valence-electron chi connectivity index (χ2n) is 4.99. The third-order valence-electron chi connectivity index (χ3n) is 3.00. The molecule has 1 unspecified atom stereocenters. The number of hydrogen-bond acceptors (Lipinski definition) is 6. The lowest BCUT2D eigenvalue weighted by molar-refractivity contribution is -0.144. The highest BCUT2D eigenvalue weighted by molar-refractivity contribution is 5.91. The van der Waals surface area contributed by atoms with Gasteiger partial charge in [-0.05, 0) is 13.3 Å². The van der Waals surface area contributed by atoms with Crippen molar-refractivity contribution in [2.75, 3.05) is 11.9 Å². The van der Waals surface area contributed by atoms with E-state index in [9.17, 15) is 9.59 Å². The van der Waals surface area contributed by atoms with Crippen LogP contribution in [-0.4, -0.2) is 39.3 Å². The number of rotatable bonds is 7. The van der Waals surface area contributed by atoms with Crippen molar-refractivity contribution in [1.29, 1.82) is 0 Å². The van der Waals surface area contributed by atoms with E-state index in [1.807, 2.05) is 13.8 Å². The van der Waals surface area contributed by atoms with Crippen LogP contribution in [0.25, 0.3) is 0 Å². The number of carboxylic acid groups (broad SMARTS) is 1. The highest BCUT2D eigenvalue weighted by Crippen LogP contribution is 2.14. The van der Waals surface area contributed by atoms with E-state index < -0.39 is 17.4 Å². The Labute approximate surface area is 116 Å². The van der Waals surface area contributed by atoms with E-state index in [0.717, 1.165) is 0 Å². The van der Waals surface area contributed by atoms with Gasteiger partial charge in [0.15, 0.2) is 0 Å². The first-order valence-electron chi connectivity index (χ1n) is 6.40. The van der Waals surface area contributed by atoms with Gasteiger partial charge in [-0.2, -0.15) is 0 Å². The van der Waals surface area contributed by atoms with Crippen molar-refractivity contribution in [3.8, 4) is 0 Å². The number of carbonyl (C=O) groups is 2. The fourth-order valence-corrected chi connectivity index (χ4v) is 1.31. The second kappa shape index (κ2) is 6.47. The minimum atomic E-state index is -1.14. The van der Waals surface area contributed by atoms with E-state index in [1.54, 1.807) is 6.92 Å². The summed E-state index contributed by atoms with van der Waals surface area (Å²) in [7, 11) is 0. The van der Waals surface area contributed by atoms with E-state index in [2.05, 4.69) is 20.8 Å². The second-order valence-corrected chi connectivity index (χ2v) is 4.99. The summed E-state index contributed by atoms with van der Waals surface area (Å²) in [6.45, 7) is 6.87. The molecule has 3 N–H and O–H groups in total. The molecule has 20 heavy (non-hydrogen) atoms. The maximum absolute atomic E-state index is 11.7. The molecule has 1 atom stereocenters. The van der Waals surface area contributed by atoms with Gasteiger partial charge in [0.2, 0.25) is 11.8 Å². The number of nitrogens with zero attached hydrogens (tertiary/aromatic N) is 2. The SMILES string of the molecule is CCC(C)(NCC(=O)Nc1nnc(C(C)C)o1)C(=O)O. The van der Waals surface area contributed by atoms with Crippen LogP contribution in [0.15, 0.2) is 4.42 Å². The molecule has 1 heterocycles. The first-order valence-corrected chi connectivity index (χ1v) is 6.40. The molecule has 0 aliphatic carbocycles. The molecule has 8 nitrogen and oxygen atoms in total. The van der Waals surface area contributed by atoms with Crippen LogP contribution in [0.3, 0.4) is 0 Å². The zero-order valence-corrected chi connectivity index (χ0v) is 12.1. The summed E-state index contributed by atoms with van der Waals surface area (Å²) in [4.78, 5) is 22.7. The summed E-state index contributed by atoms with van der Waals surface area (Å²) in [6.07, 6.45) is 0.355. The van der Waals surface area contributed by atoms with Gasteiger partial charge in [0.25, 0.3) is 0 Å². The predicted molar refractivity (Wildman–Crippen MR) is 71.4 cm³/mol. The van der Waals surface area contributed by atoms with E-state index >= 15 is 0 Å². The van der Waals surface area contributed by atoms with Crippen molar-refractivity contribution in [2.45, 2.75) is 45.6 Å². The van der Waals surface area contributed by atoms with Crippen LogP contribution in [-0.2, 0) is 9.59 Å². The number of carboxylic acids is 1. The van der Waals surface area contributed by atoms with Crippen molar-refractivity contribution in [2.24, 2.45) is 0 Å². The van der Waals surface area contributed by atoms with Crippen molar-refractivity contribution in [3.05, 3.63) is 5.89 Å². The maximum atomic E-state index is 11.7. The lowest BCUT2D eigenvalue weighted by atomic mass is 9.99. The molecule has 0 spiro atoms. The van der Waals surface area contributed by atoms with Crippen molar-refractivity contribution in [3.63, 3.8) is 0 Å². The van der Waals surface area contributed by atoms with Crippen LogP contribution < -0.4 is 10.6 Å². The van der Waals surface area contributed by atoms with E-state index in [0.29, 0.717) is 12.3 Å². The molecule has 1 rings (SSSR count). The number of amides is 1. The molecule has 1 aromatic heterocycles. The molecule has 1 amide bonds. The van der Waals surface area contributed by atoms with Crippen LogP contribution in [0.5, 0.6) is 0 Å². The monoisotopic (exact) mass is 284 g/mol. The largest absolute Gasteiger partial charge is 0.480 e. The zero-order valence-electron chi connectivity index (χ0n) is 12.1. The number of aliphatic carboxylic acids is 1. The topological polar surface area (TPSA) is 117 Å². The lowest BCUT2D eigenvalue weighted by Crippen LogP contribution is -2.51. The van der Waals surface area contributed by atoms with Crippen molar-refractivity contribution < 1.29 is 19.1 Å². The Morgan fingerprint density at radius 3 is 2.50 bits per heavy atom. The Kier molecular flexibility index (Phi) is 5.20. The number of carbonyl (C=O) groups excluding carboxylic acids is 1. The van der Waals surface area contributed by atoms with Gasteiger partial charge in [-0.1, -0.05) is 25.9 Å².